The van der Waals surface area contributed by atoms with Gasteiger partial charge in [0.2, 0.25) is 5.91 Å². The van der Waals surface area contributed by atoms with E-state index in [9.17, 15) is 4.79 Å². The maximum Gasteiger partial charge on any atom is 0.237 e. The predicted molar refractivity (Wildman–Crippen MR) is 82.7 cm³/mol. The van der Waals surface area contributed by atoms with Gasteiger partial charge in [-0.25, -0.2) is 0 Å². The lowest BCUT2D eigenvalue weighted by atomic mass is 9.98. The molecule has 0 fully saturated rings. The van der Waals surface area contributed by atoms with Crippen LogP contribution in [0.3, 0.4) is 0 Å². The van der Waals surface area contributed by atoms with Crippen LogP contribution in [0.2, 0.25) is 0 Å². The second-order valence-electron chi connectivity index (χ2n) is 4.93. The summed E-state index contributed by atoms with van der Waals surface area (Å²) in [5.41, 5.74) is 7.06. The lowest BCUT2D eigenvalue weighted by Crippen LogP contribution is -2.45. The molecule has 1 aromatic rings. The number of carbonyl (C=O) groups excluding carboxylic acids is 1. The molecule has 0 radical (unpaired) electrons. The monoisotopic (exact) mass is 326 g/mol. The molecular weight excluding hydrogens is 304 g/mol. The van der Waals surface area contributed by atoms with Crippen molar-refractivity contribution in [2.45, 2.75) is 45.7 Å². The quantitative estimate of drug-likeness (QED) is 0.841. The molecule has 3 N–H and O–H groups in total. The van der Waals surface area contributed by atoms with E-state index in [1.54, 1.807) is 0 Å². The van der Waals surface area contributed by atoms with Gasteiger partial charge in [-0.15, -0.1) is 0 Å². The summed E-state index contributed by atoms with van der Waals surface area (Å²) in [5.74, 6) is 0.131. The number of amides is 1. The number of rotatable bonds is 6. The van der Waals surface area contributed by atoms with Gasteiger partial charge in [0.1, 0.15) is 0 Å². The van der Waals surface area contributed by atoms with E-state index in [-0.39, 0.29) is 17.9 Å². The van der Waals surface area contributed by atoms with Crippen molar-refractivity contribution < 1.29 is 4.79 Å². The van der Waals surface area contributed by atoms with E-state index in [4.69, 9.17) is 5.73 Å². The minimum atomic E-state index is -0.436. The van der Waals surface area contributed by atoms with Crippen LogP contribution in [0.15, 0.2) is 28.7 Å². The zero-order valence-corrected chi connectivity index (χ0v) is 13.4. The fourth-order valence-electron chi connectivity index (χ4n) is 1.90. The minimum absolute atomic E-state index is 0.0238. The first-order chi connectivity index (χ1) is 8.99. The topological polar surface area (TPSA) is 55.1 Å². The molecule has 0 saturated heterocycles. The maximum absolute atomic E-state index is 12.1. The molecule has 0 spiro atoms. The third kappa shape index (κ3) is 4.62. The molecule has 1 rings (SSSR count). The molecule has 0 bridgehead atoms. The van der Waals surface area contributed by atoms with E-state index in [1.165, 1.54) is 0 Å². The Balaban J connectivity index is 2.72. The van der Waals surface area contributed by atoms with Gasteiger partial charge >= 0.3 is 0 Å². The van der Waals surface area contributed by atoms with Gasteiger partial charge in [0, 0.05) is 4.47 Å². The Morgan fingerprint density at radius 3 is 2.32 bits per heavy atom. The molecule has 1 aromatic carbocycles. The number of nitrogens with two attached hydrogens (primary N) is 1. The molecule has 0 aliphatic heterocycles. The highest BCUT2D eigenvalue weighted by atomic mass is 79.9. The van der Waals surface area contributed by atoms with E-state index in [0.29, 0.717) is 0 Å². The SMILES string of the molecule is CCC(NC(=O)[C@@H](N)C(C)CC)c1ccc(Br)cc1. The molecule has 1 amide bonds. The molecular formula is C15H23BrN2O. The summed E-state index contributed by atoms with van der Waals surface area (Å²) in [6.45, 7) is 6.11. The molecule has 0 aliphatic rings. The summed E-state index contributed by atoms with van der Waals surface area (Å²) >= 11 is 3.41. The molecule has 2 unspecified atom stereocenters. The van der Waals surface area contributed by atoms with E-state index in [1.807, 2.05) is 38.1 Å². The predicted octanol–water partition coefficient (Wildman–Crippen LogP) is 3.39. The van der Waals surface area contributed by atoms with Gasteiger partial charge in [-0.1, -0.05) is 55.3 Å². The van der Waals surface area contributed by atoms with Crippen LogP contribution in [0.4, 0.5) is 0 Å². The van der Waals surface area contributed by atoms with Crippen molar-refractivity contribution in [2.24, 2.45) is 11.7 Å². The first-order valence-corrected chi connectivity index (χ1v) is 7.60. The number of benzene rings is 1. The second kappa shape index (κ2) is 7.65. The van der Waals surface area contributed by atoms with E-state index in [2.05, 4.69) is 28.2 Å². The van der Waals surface area contributed by atoms with Gasteiger partial charge in [-0.2, -0.15) is 0 Å². The lowest BCUT2D eigenvalue weighted by molar-refractivity contribution is -0.124. The fraction of sp³-hybridized carbons (Fsp3) is 0.533. The third-order valence-electron chi connectivity index (χ3n) is 3.56. The average Bonchev–Trinajstić information content (AvgIpc) is 2.43. The summed E-state index contributed by atoms with van der Waals surface area (Å²) in [6, 6.07) is 7.60. The van der Waals surface area contributed by atoms with E-state index < -0.39 is 6.04 Å². The van der Waals surface area contributed by atoms with E-state index >= 15 is 0 Å². The van der Waals surface area contributed by atoms with Crippen LogP contribution in [-0.2, 0) is 4.79 Å². The second-order valence-corrected chi connectivity index (χ2v) is 5.85. The van der Waals surface area contributed by atoms with Crippen LogP contribution < -0.4 is 11.1 Å². The van der Waals surface area contributed by atoms with Crippen molar-refractivity contribution in [3.05, 3.63) is 34.3 Å². The van der Waals surface area contributed by atoms with Gasteiger partial charge in [0.25, 0.3) is 0 Å². The highest BCUT2D eigenvalue weighted by Crippen LogP contribution is 2.20. The Morgan fingerprint density at radius 2 is 1.84 bits per heavy atom. The molecule has 3 nitrogen and oxygen atoms in total. The summed E-state index contributed by atoms with van der Waals surface area (Å²) in [6.07, 6.45) is 1.75. The van der Waals surface area contributed by atoms with Gasteiger partial charge in [0.05, 0.1) is 12.1 Å². The number of halogens is 1. The summed E-state index contributed by atoms with van der Waals surface area (Å²) < 4.78 is 1.04. The minimum Gasteiger partial charge on any atom is -0.348 e. The largest absolute Gasteiger partial charge is 0.348 e. The lowest BCUT2D eigenvalue weighted by Gasteiger charge is -2.23. The van der Waals surface area contributed by atoms with Crippen LogP contribution in [-0.4, -0.2) is 11.9 Å². The van der Waals surface area contributed by atoms with Crippen LogP contribution >= 0.6 is 15.9 Å². The molecule has 0 heterocycles. The fourth-order valence-corrected chi connectivity index (χ4v) is 2.16. The maximum atomic E-state index is 12.1. The van der Waals surface area contributed by atoms with Crippen molar-refractivity contribution in [2.75, 3.05) is 0 Å². The van der Waals surface area contributed by atoms with Crippen molar-refractivity contribution in [3.63, 3.8) is 0 Å². The van der Waals surface area contributed by atoms with Crippen molar-refractivity contribution in [3.8, 4) is 0 Å². The zero-order valence-electron chi connectivity index (χ0n) is 11.8. The summed E-state index contributed by atoms with van der Waals surface area (Å²) in [4.78, 5) is 12.1. The van der Waals surface area contributed by atoms with Crippen LogP contribution in [0.1, 0.15) is 45.2 Å². The molecule has 0 aliphatic carbocycles. The van der Waals surface area contributed by atoms with Gasteiger partial charge in [-0.05, 0) is 30.0 Å². The average molecular weight is 327 g/mol. The Hall–Kier alpha value is -0.870. The normalized spacial score (nSPS) is 15.6. The number of hydrogen-bond acceptors (Lipinski definition) is 2. The Kier molecular flexibility index (Phi) is 6.52. The van der Waals surface area contributed by atoms with Gasteiger partial charge < -0.3 is 11.1 Å². The highest BCUT2D eigenvalue weighted by Gasteiger charge is 2.22. The van der Waals surface area contributed by atoms with E-state index in [0.717, 1.165) is 22.9 Å². The highest BCUT2D eigenvalue weighted by molar-refractivity contribution is 9.10. The number of hydrogen-bond donors (Lipinski definition) is 2. The number of carbonyl (C=O) groups is 1. The summed E-state index contributed by atoms with van der Waals surface area (Å²) in [5, 5.41) is 3.04. The third-order valence-corrected chi connectivity index (χ3v) is 4.09. The Morgan fingerprint density at radius 1 is 1.26 bits per heavy atom. The van der Waals surface area contributed by atoms with Crippen molar-refractivity contribution in [1.82, 2.24) is 5.32 Å². The van der Waals surface area contributed by atoms with Crippen LogP contribution in [0.5, 0.6) is 0 Å². The van der Waals surface area contributed by atoms with Crippen molar-refractivity contribution >= 4 is 21.8 Å². The Bertz CT molecular complexity index is 405. The standard InChI is InChI=1S/C15H23BrN2O/c1-4-10(3)14(17)15(19)18-13(5-2)11-6-8-12(16)9-7-11/h6-10,13-14H,4-5,17H2,1-3H3,(H,18,19)/t10?,13?,14-/m0/s1. The Labute approximate surface area is 124 Å². The molecule has 19 heavy (non-hydrogen) atoms. The summed E-state index contributed by atoms with van der Waals surface area (Å²) in [7, 11) is 0. The van der Waals surface area contributed by atoms with Crippen molar-refractivity contribution in [1.29, 1.82) is 0 Å². The molecule has 0 saturated carbocycles. The molecule has 4 heteroatoms. The smallest absolute Gasteiger partial charge is 0.237 e. The molecule has 3 atom stereocenters. The molecule has 106 valence electrons. The first-order valence-electron chi connectivity index (χ1n) is 6.81. The van der Waals surface area contributed by atoms with Gasteiger partial charge in [0.15, 0.2) is 0 Å². The zero-order chi connectivity index (χ0) is 14.4. The molecule has 0 aromatic heterocycles. The first kappa shape index (κ1) is 16.2. The van der Waals surface area contributed by atoms with Crippen LogP contribution in [0, 0.1) is 5.92 Å². The van der Waals surface area contributed by atoms with Gasteiger partial charge in [-0.3, -0.25) is 4.79 Å². The number of nitrogens with one attached hydrogen (secondary N) is 1. The van der Waals surface area contributed by atoms with Crippen LogP contribution in [0.25, 0.3) is 0 Å².